The normalized spacial score (nSPS) is 18.0. The van der Waals surface area contributed by atoms with E-state index in [0.29, 0.717) is 17.4 Å². The Balaban J connectivity index is 1.64. The van der Waals surface area contributed by atoms with Gasteiger partial charge in [0.05, 0.1) is 28.8 Å². The maximum absolute atomic E-state index is 12.8. The number of fused-ring (bicyclic) bond motifs is 1. The summed E-state index contributed by atoms with van der Waals surface area (Å²) in [5.74, 6) is 0.0442. The van der Waals surface area contributed by atoms with Crippen LogP contribution in [-0.4, -0.2) is 33.4 Å². The number of carbonyl (C=O) groups excluding carboxylic acids is 1. The highest BCUT2D eigenvalue weighted by molar-refractivity contribution is 7.08. The lowest BCUT2D eigenvalue weighted by atomic mass is 10.0. The Hall–Kier alpha value is -2.47. The zero-order chi connectivity index (χ0) is 16.5. The molecule has 0 radical (unpaired) electrons. The molecule has 0 aliphatic carbocycles. The van der Waals surface area contributed by atoms with Crippen molar-refractivity contribution in [1.29, 1.82) is 0 Å². The topological polar surface area (TPSA) is 55.2 Å². The molecule has 6 heteroatoms. The van der Waals surface area contributed by atoms with E-state index >= 15 is 0 Å². The Morgan fingerprint density at radius 2 is 2.12 bits per heavy atom. The van der Waals surface area contributed by atoms with Crippen LogP contribution in [0.1, 0.15) is 29.2 Å². The van der Waals surface area contributed by atoms with Crippen LogP contribution < -0.4 is 5.56 Å². The van der Waals surface area contributed by atoms with Crippen LogP contribution in [0.3, 0.4) is 0 Å². The van der Waals surface area contributed by atoms with Crippen molar-refractivity contribution in [3.05, 3.63) is 63.3 Å². The number of hydrogen-bond acceptors (Lipinski definition) is 4. The number of amides is 1. The third kappa shape index (κ3) is 2.63. The number of carbonyl (C=O) groups is 1. The third-order valence-electron chi connectivity index (χ3n) is 4.54. The first kappa shape index (κ1) is 15.1. The molecule has 1 aromatic carbocycles. The molecule has 0 unspecified atom stereocenters. The van der Waals surface area contributed by atoms with Gasteiger partial charge < -0.3 is 4.90 Å². The molecule has 1 atom stereocenters. The fourth-order valence-electron chi connectivity index (χ4n) is 3.28. The Morgan fingerprint density at radius 3 is 2.96 bits per heavy atom. The highest BCUT2D eigenvalue weighted by atomic mass is 32.1. The van der Waals surface area contributed by atoms with E-state index in [-0.39, 0.29) is 17.5 Å². The minimum Gasteiger partial charge on any atom is -0.337 e. The number of nitrogens with zero attached hydrogens (tertiary/aromatic N) is 3. The van der Waals surface area contributed by atoms with Crippen LogP contribution >= 0.6 is 11.3 Å². The molecule has 0 saturated carbocycles. The molecule has 3 heterocycles. The van der Waals surface area contributed by atoms with Crippen LogP contribution in [0.15, 0.2) is 52.2 Å². The van der Waals surface area contributed by atoms with Crippen molar-refractivity contribution >= 4 is 28.1 Å². The predicted molar refractivity (Wildman–Crippen MR) is 94.5 cm³/mol. The fraction of sp³-hybridized carbons (Fsp3) is 0.278. The van der Waals surface area contributed by atoms with Crippen molar-refractivity contribution in [2.75, 3.05) is 13.1 Å². The van der Waals surface area contributed by atoms with Crippen LogP contribution in [0, 0.1) is 0 Å². The van der Waals surface area contributed by atoms with E-state index in [1.807, 2.05) is 39.9 Å². The van der Waals surface area contributed by atoms with E-state index in [1.54, 1.807) is 17.0 Å². The Labute approximate surface area is 143 Å². The number of thiophene rings is 1. The molecule has 0 N–H and O–H groups in total. The number of para-hydroxylation sites is 1. The smallest absolute Gasteiger partial charge is 0.261 e. The average molecular weight is 339 g/mol. The number of benzene rings is 1. The zero-order valence-electron chi connectivity index (χ0n) is 13.1. The second-order valence-electron chi connectivity index (χ2n) is 6.03. The monoisotopic (exact) mass is 339 g/mol. The van der Waals surface area contributed by atoms with Crippen molar-refractivity contribution in [3.63, 3.8) is 0 Å². The molecule has 24 heavy (non-hydrogen) atoms. The molecule has 3 aromatic rings. The standard InChI is InChI=1S/C18H17N3O2S/c22-17(13-7-9-24-11-13)20-8-3-4-14(10-20)21-12-19-16-6-2-1-5-15(16)18(21)23/h1-2,5-7,9,11-12,14H,3-4,8,10H2/t14-/m1/s1. The van der Waals surface area contributed by atoms with Gasteiger partial charge in [-0.15, -0.1) is 0 Å². The number of piperidine rings is 1. The largest absolute Gasteiger partial charge is 0.337 e. The fourth-order valence-corrected chi connectivity index (χ4v) is 3.91. The van der Waals surface area contributed by atoms with E-state index in [0.717, 1.165) is 24.9 Å². The van der Waals surface area contributed by atoms with Crippen molar-refractivity contribution in [3.8, 4) is 0 Å². The van der Waals surface area contributed by atoms with Gasteiger partial charge in [-0.1, -0.05) is 12.1 Å². The van der Waals surface area contributed by atoms with E-state index in [4.69, 9.17) is 0 Å². The molecule has 1 amide bonds. The van der Waals surface area contributed by atoms with Crippen molar-refractivity contribution < 1.29 is 4.79 Å². The maximum Gasteiger partial charge on any atom is 0.261 e. The zero-order valence-corrected chi connectivity index (χ0v) is 13.9. The van der Waals surface area contributed by atoms with Gasteiger partial charge in [-0.25, -0.2) is 4.98 Å². The van der Waals surface area contributed by atoms with Gasteiger partial charge in [0.1, 0.15) is 0 Å². The Kier molecular flexibility index (Phi) is 3.90. The van der Waals surface area contributed by atoms with Crippen LogP contribution in [-0.2, 0) is 0 Å². The first-order valence-corrected chi connectivity index (χ1v) is 8.95. The summed E-state index contributed by atoms with van der Waals surface area (Å²) < 4.78 is 1.69. The Bertz CT molecular complexity index is 933. The second kappa shape index (κ2) is 6.20. The highest BCUT2D eigenvalue weighted by Crippen LogP contribution is 2.22. The summed E-state index contributed by atoms with van der Waals surface area (Å²) in [7, 11) is 0. The lowest BCUT2D eigenvalue weighted by Crippen LogP contribution is -2.42. The van der Waals surface area contributed by atoms with E-state index in [1.165, 1.54) is 11.3 Å². The molecule has 5 nitrogen and oxygen atoms in total. The van der Waals surface area contributed by atoms with Crippen molar-refractivity contribution in [1.82, 2.24) is 14.5 Å². The number of aromatic nitrogens is 2. The highest BCUT2D eigenvalue weighted by Gasteiger charge is 2.26. The molecule has 0 bridgehead atoms. The summed E-state index contributed by atoms with van der Waals surface area (Å²) >= 11 is 1.52. The molecular formula is C18H17N3O2S. The van der Waals surface area contributed by atoms with Crippen LogP contribution in [0.5, 0.6) is 0 Å². The lowest BCUT2D eigenvalue weighted by molar-refractivity contribution is 0.0678. The first-order valence-electron chi connectivity index (χ1n) is 8.01. The summed E-state index contributed by atoms with van der Waals surface area (Å²) in [4.78, 5) is 31.6. The SMILES string of the molecule is O=C(c1ccsc1)N1CCC[C@@H](n2cnc3ccccc3c2=O)C1. The van der Waals surface area contributed by atoms with Gasteiger partial charge >= 0.3 is 0 Å². The van der Waals surface area contributed by atoms with E-state index < -0.39 is 0 Å². The second-order valence-corrected chi connectivity index (χ2v) is 6.81. The van der Waals surface area contributed by atoms with Gasteiger partial charge in [-0.2, -0.15) is 11.3 Å². The molecular weight excluding hydrogens is 322 g/mol. The van der Waals surface area contributed by atoms with E-state index in [9.17, 15) is 9.59 Å². The number of hydrogen-bond donors (Lipinski definition) is 0. The lowest BCUT2D eigenvalue weighted by Gasteiger charge is -2.33. The van der Waals surface area contributed by atoms with Gasteiger partial charge in [0, 0.05) is 18.5 Å². The summed E-state index contributed by atoms with van der Waals surface area (Å²) in [6, 6.07) is 9.20. The minimum absolute atomic E-state index is 0.0223. The molecule has 4 rings (SSSR count). The molecule has 1 aliphatic heterocycles. The summed E-state index contributed by atoms with van der Waals surface area (Å²) in [6.07, 6.45) is 3.39. The van der Waals surface area contributed by atoms with Crippen LogP contribution in [0.4, 0.5) is 0 Å². The Morgan fingerprint density at radius 1 is 1.25 bits per heavy atom. The number of rotatable bonds is 2. The van der Waals surface area contributed by atoms with Gasteiger partial charge in [0.15, 0.2) is 0 Å². The van der Waals surface area contributed by atoms with Crippen molar-refractivity contribution in [2.24, 2.45) is 0 Å². The summed E-state index contributed by atoms with van der Waals surface area (Å²) in [6.45, 7) is 1.29. The maximum atomic E-state index is 12.8. The van der Waals surface area contributed by atoms with Crippen molar-refractivity contribution in [2.45, 2.75) is 18.9 Å². The van der Waals surface area contributed by atoms with Gasteiger partial charge in [-0.3, -0.25) is 14.2 Å². The molecule has 122 valence electrons. The van der Waals surface area contributed by atoms with Gasteiger partial charge in [-0.05, 0) is 36.4 Å². The minimum atomic E-state index is -0.0320. The molecule has 1 aliphatic rings. The molecule has 2 aromatic heterocycles. The number of likely N-dealkylation sites (tertiary alicyclic amines) is 1. The predicted octanol–water partition coefficient (Wildman–Crippen LogP) is 2.94. The first-order chi connectivity index (χ1) is 11.7. The van der Waals surface area contributed by atoms with Crippen LogP contribution in [0.2, 0.25) is 0 Å². The molecule has 1 fully saturated rings. The molecule has 1 saturated heterocycles. The summed E-state index contributed by atoms with van der Waals surface area (Å²) in [5.41, 5.74) is 1.40. The van der Waals surface area contributed by atoms with Gasteiger partial charge in [0.25, 0.3) is 11.5 Å². The third-order valence-corrected chi connectivity index (χ3v) is 5.22. The quantitative estimate of drug-likeness (QED) is 0.721. The molecule has 0 spiro atoms. The van der Waals surface area contributed by atoms with Gasteiger partial charge in [0.2, 0.25) is 0 Å². The summed E-state index contributed by atoms with van der Waals surface area (Å²) in [5, 5.41) is 4.41. The van der Waals surface area contributed by atoms with E-state index in [2.05, 4.69) is 4.98 Å². The average Bonchev–Trinajstić information content (AvgIpc) is 3.16. The van der Waals surface area contributed by atoms with Crippen LogP contribution in [0.25, 0.3) is 10.9 Å².